The van der Waals surface area contributed by atoms with Gasteiger partial charge < -0.3 is 5.32 Å². The predicted octanol–water partition coefficient (Wildman–Crippen LogP) is 1.94. The lowest BCUT2D eigenvalue weighted by atomic mass is 9.77. The summed E-state index contributed by atoms with van der Waals surface area (Å²) in [7, 11) is 1.98. The fourth-order valence-electron chi connectivity index (χ4n) is 3.31. The number of carbonyl (C=O) groups is 2. The average Bonchev–Trinajstić information content (AvgIpc) is 2.61. The van der Waals surface area contributed by atoms with E-state index in [1.165, 1.54) is 0 Å². The Hall–Kier alpha value is -0.900. The van der Waals surface area contributed by atoms with Crippen molar-refractivity contribution in [1.82, 2.24) is 10.2 Å². The molecule has 4 heteroatoms. The number of carbonyl (C=O) groups excluding carboxylic acids is 2. The van der Waals surface area contributed by atoms with Crippen molar-refractivity contribution < 1.29 is 9.59 Å². The summed E-state index contributed by atoms with van der Waals surface area (Å²) in [6, 6.07) is 0.672. The Morgan fingerprint density at radius 2 is 1.79 bits per heavy atom. The summed E-state index contributed by atoms with van der Waals surface area (Å²) in [4.78, 5) is 26.5. The van der Waals surface area contributed by atoms with Gasteiger partial charge in [0.15, 0.2) is 0 Å². The van der Waals surface area contributed by atoms with E-state index < -0.39 is 5.41 Å². The van der Waals surface area contributed by atoms with Crippen molar-refractivity contribution >= 4 is 11.8 Å². The summed E-state index contributed by atoms with van der Waals surface area (Å²) < 4.78 is 0. The maximum Gasteiger partial charge on any atom is 0.236 e. The first-order valence-corrected chi connectivity index (χ1v) is 7.44. The van der Waals surface area contributed by atoms with Crippen molar-refractivity contribution in [2.24, 2.45) is 11.3 Å². The van der Waals surface area contributed by atoms with E-state index in [4.69, 9.17) is 0 Å². The molecular formula is C15H26N2O2. The highest BCUT2D eigenvalue weighted by molar-refractivity contribution is 6.06. The van der Waals surface area contributed by atoms with Crippen molar-refractivity contribution in [2.75, 3.05) is 7.05 Å². The van der Waals surface area contributed by atoms with Crippen LogP contribution >= 0.6 is 0 Å². The molecule has 2 aliphatic rings. The summed E-state index contributed by atoms with van der Waals surface area (Å²) in [6.07, 6.45) is 4.37. The topological polar surface area (TPSA) is 49.4 Å². The van der Waals surface area contributed by atoms with E-state index in [0.717, 1.165) is 25.7 Å². The molecule has 108 valence electrons. The zero-order valence-electron chi connectivity index (χ0n) is 12.5. The second kappa shape index (κ2) is 5.23. The minimum atomic E-state index is -0.489. The normalized spacial score (nSPS) is 36.4. The van der Waals surface area contributed by atoms with Gasteiger partial charge in [0.1, 0.15) is 0 Å². The maximum atomic E-state index is 12.6. The zero-order chi connectivity index (χ0) is 14.2. The molecule has 1 saturated carbocycles. The van der Waals surface area contributed by atoms with Crippen molar-refractivity contribution in [1.29, 1.82) is 0 Å². The number of imide groups is 1. The van der Waals surface area contributed by atoms with Crippen LogP contribution in [0, 0.1) is 11.3 Å². The standard InChI is InChI=1S/C15H26N2O2/c1-10(2)15(3)9-13(18)17(14(15)19)12-7-5-11(16-4)6-8-12/h10-12,16H,5-9H2,1-4H3. The van der Waals surface area contributed by atoms with Gasteiger partial charge in [-0.25, -0.2) is 0 Å². The lowest BCUT2D eigenvalue weighted by Gasteiger charge is -2.35. The molecule has 2 amide bonds. The van der Waals surface area contributed by atoms with Crippen LogP contribution in [0.4, 0.5) is 0 Å². The molecule has 0 spiro atoms. The Labute approximate surface area is 115 Å². The SMILES string of the molecule is CNC1CCC(N2C(=O)CC(C)(C(C)C)C2=O)CC1. The molecule has 4 nitrogen and oxygen atoms in total. The first-order chi connectivity index (χ1) is 8.90. The number of nitrogens with zero attached hydrogens (tertiary/aromatic N) is 1. The summed E-state index contributed by atoms with van der Waals surface area (Å²) in [5.41, 5.74) is -0.489. The quantitative estimate of drug-likeness (QED) is 0.794. The van der Waals surface area contributed by atoms with Gasteiger partial charge in [0.25, 0.3) is 0 Å². The van der Waals surface area contributed by atoms with Gasteiger partial charge in [0.05, 0.1) is 5.41 Å². The van der Waals surface area contributed by atoms with Gasteiger partial charge in [-0.3, -0.25) is 14.5 Å². The lowest BCUT2D eigenvalue weighted by molar-refractivity contribution is -0.145. The van der Waals surface area contributed by atoms with Crippen molar-refractivity contribution in [2.45, 2.75) is 65.0 Å². The Bertz CT molecular complexity index is 372. The maximum absolute atomic E-state index is 12.6. The number of nitrogens with one attached hydrogen (secondary N) is 1. The largest absolute Gasteiger partial charge is 0.317 e. The van der Waals surface area contributed by atoms with Crippen LogP contribution in [-0.2, 0) is 9.59 Å². The zero-order valence-corrected chi connectivity index (χ0v) is 12.5. The summed E-state index contributed by atoms with van der Waals surface area (Å²) in [5.74, 6) is 0.303. The first kappa shape index (κ1) is 14.5. The Morgan fingerprint density at radius 3 is 2.21 bits per heavy atom. The van der Waals surface area contributed by atoms with E-state index in [0.29, 0.717) is 12.5 Å². The summed E-state index contributed by atoms with van der Waals surface area (Å²) in [5, 5.41) is 3.28. The van der Waals surface area contributed by atoms with Gasteiger partial charge in [-0.1, -0.05) is 13.8 Å². The van der Waals surface area contributed by atoms with E-state index >= 15 is 0 Å². The van der Waals surface area contributed by atoms with Crippen LogP contribution in [0.5, 0.6) is 0 Å². The number of rotatable bonds is 3. The van der Waals surface area contributed by atoms with E-state index in [9.17, 15) is 9.59 Å². The van der Waals surface area contributed by atoms with Gasteiger partial charge in [0, 0.05) is 18.5 Å². The molecule has 1 heterocycles. The molecule has 0 radical (unpaired) electrons. The predicted molar refractivity (Wildman–Crippen MR) is 74.5 cm³/mol. The van der Waals surface area contributed by atoms with Crippen LogP contribution in [0.2, 0.25) is 0 Å². The molecule has 0 aromatic carbocycles. The van der Waals surface area contributed by atoms with Crippen LogP contribution in [-0.4, -0.2) is 35.8 Å². The third kappa shape index (κ3) is 2.42. The Morgan fingerprint density at radius 1 is 1.21 bits per heavy atom. The second-order valence-corrected chi connectivity index (χ2v) is 6.61. The second-order valence-electron chi connectivity index (χ2n) is 6.61. The van der Waals surface area contributed by atoms with Crippen molar-refractivity contribution in [3.05, 3.63) is 0 Å². The monoisotopic (exact) mass is 266 g/mol. The third-order valence-corrected chi connectivity index (χ3v) is 5.24. The van der Waals surface area contributed by atoms with Gasteiger partial charge in [-0.05, 0) is 45.6 Å². The van der Waals surface area contributed by atoms with E-state index in [-0.39, 0.29) is 23.8 Å². The molecule has 1 unspecified atom stereocenters. The molecule has 2 fully saturated rings. The van der Waals surface area contributed by atoms with Gasteiger partial charge in [-0.2, -0.15) is 0 Å². The van der Waals surface area contributed by atoms with Gasteiger partial charge in [-0.15, -0.1) is 0 Å². The molecule has 1 aliphatic carbocycles. The van der Waals surface area contributed by atoms with Crippen molar-refractivity contribution in [3.63, 3.8) is 0 Å². The molecule has 2 rings (SSSR count). The molecular weight excluding hydrogens is 240 g/mol. The third-order valence-electron chi connectivity index (χ3n) is 5.24. The Balaban J connectivity index is 2.09. The Kier molecular flexibility index (Phi) is 4.00. The van der Waals surface area contributed by atoms with Crippen LogP contribution < -0.4 is 5.32 Å². The summed E-state index contributed by atoms with van der Waals surface area (Å²) >= 11 is 0. The van der Waals surface area contributed by atoms with Gasteiger partial charge >= 0.3 is 0 Å². The minimum Gasteiger partial charge on any atom is -0.317 e. The van der Waals surface area contributed by atoms with Crippen LogP contribution in [0.15, 0.2) is 0 Å². The number of amides is 2. The molecule has 1 saturated heterocycles. The molecule has 0 aromatic heterocycles. The smallest absolute Gasteiger partial charge is 0.236 e. The van der Waals surface area contributed by atoms with Gasteiger partial charge in [0.2, 0.25) is 11.8 Å². The highest BCUT2D eigenvalue weighted by atomic mass is 16.2. The van der Waals surface area contributed by atoms with E-state index in [1.807, 2.05) is 27.8 Å². The van der Waals surface area contributed by atoms with Crippen LogP contribution in [0.25, 0.3) is 0 Å². The molecule has 0 aromatic rings. The number of likely N-dealkylation sites (tertiary alicyclic amines) is 1. The summed E-state index contributed by atoms with van der Waals surface area (Å²) in [6.45, 7) is 6.01. The minimum absolute atomic E-state index is 0.0362. The van der Waals surface area contributed by atoms with E-state index in [1.54, 1.807) is 4.90 Å². The fraction of sp³-hybridized carbons (Fsp3) is 0.867. The average molecular weight is 266 g/mol. The molecule has 19 heavy (non-hydrogen) atoms. The molecule has 0 bridgehead atoms. The number of hydrogen-bond acceptors (Lipinski definition) is 3. The highest BCUT2D eigenvalue weighted by Gasteiger charge is 2.52. The molecule has 1 N–H and O–H groups in total. The number of hydrogen-bond donors (Lipinski definition) is 1. The van der Waals surface area contributed by atoms with Crippen molar-refractivity contribution in [3.8, 4) is 0 Å². The van der Waals surface area contributed by atoms with Crippen LogP contribution in [0.1, 0.15) is 52.9 Å². The highest BCUT2D eigenvalue weighted by Crippen LogP contribution is 2.41. The van der Waals surface area contributed by atoms with E-state index in [2.05, 4.69) is 5.32 Å². The molecule has 1 aliphatic heterocycles. The molecule has 1 atom stereocenters. The van der Waals surface area contributed by atoms with Crippen LogP contribution in [0.3, 0.4) is 0 Å². The fourth-order valence-corrected chi connectivity index (χ4v) is 3.31. The first-order valence-electron chi connectivity index (χ1n) is 7.44. The lowest BCUT2D eigenvalue weighted by Crippen LogP contribution is -2.46.